The van der Waals surface area contributed by atoms with Crippen molar-refractivity contribution in [2.75, 3.05) is 28.4 Å². The first-order chi connectivity index (χ1) is 11.0. The summed E-state index contributed by atoms with van der Waals surface area (Å²) in [5.74, 6) is 3.32. The second-order valence-electron chi connectivity index (χ2n) is 5.62. The molecule has 0 aliphatic heterocycles. The van der Waals surface area contributed by atoms with Crippen LogP contribution in [0.15, 0.2) is 17.1 Å². The minimum absolute atomic E-state index is 0.327. The van der Waals surface area contributed by atoms with Crippen molar-refractivity contribution in [3.8, 4) is 17.2 Å². The lowest BCUT2D eigenvalue weighted by molar-refractivity contribution is 0.347. The summed E-state index contributed by atoms with van der Waals surface area (Å²) in [6.45, 7) is 7.03. The fraction of sp³-hybridized carbons (Fsp3) is 0.588. The van der Waals surface area contributed by atoms with Gasteiger partial charge in [-0.2, -0.15) is 0 Å². The minimum atomic E-state index is 0.327. The van der Waals surface area contributed by atoms with Gasteiger partial charge in [0.1, 0.15) is 5.75 Å². The third-order valence-electron chi connectivity index (χ3n) is 3.82. The van der Waals surface area contributed by atoms with Gasteiger partial charge in [0.2, 0.25) is 0 Å². The van der Waals surface area contributed by atoms with Gasteiger partial charge in [0.15, 0.2) is 17.5 Å². The minimum Gasteiger partial charge on any atom is -0.496 e. The molecular formula is C17H29N3O3. The van der Waals surface area contributed by atoms with Crippen LogP contribution < -0.4 is 24.8 Å². The summed E-state index contributed by atoms with van der Waals surface area (Å²) < 4.78 is 16.1. The Kier molecular flexibility index (Phi) is 7.51. The van der Waals surface area contributed by atoms with Crippen LogP contribution >= 0.6 is 0 Å². The van der Waals surface area contributed by atoms with E-state index >= 15 is 0 Å². The quantitative estimate of drug-likeness (QED) is 0.596. The zero-order valence-electron chi connectivity index (χ0n) is 15.2. The highest BCUT2D eigenvalue weighted by molar-refractivity contribution is 5.80. The summed E-state index contributed by atoms with van der Waals surface area (Å²) in [5.41, 5.74) is 0.963. The van der Waals surface area contributed by atoms with Crippen molar-refractivity contribution in [1.82, 2.24) is 10.6 Å². The van der Waals surface area contributed by atoms with Crippen LogP contribution in [0.3, 0.4) is 0 Å². The fourth-order valence-corrected chi connectivity index (χ4v) is 1.99. The maximum atomic E-state index is 5.44. The topological polar surface area (TPSA) is 64.1 Å². The van der Waals surface area contributed by atoms with Crippen LogP contribution in [0.2, 0.25) is 0 Å². The molecule has 6 heteroatoms. The van der Waals surface area contributed by atoms with Gasteiger partial charge in [-0.3, -0.25) is 4.99 Å². The molecule has 1 rings (SSSR count). The van der Waals surface area contributed by atoms with E-state index in [0.29, 0.717) is 30.0 Å². The molecule has 0 heterocycles. The van der Waals surface area contributed by atoms with Crippen molar-refractivity contribution in [3.05, 3.63) is 17.7 Å². The van der Waals surface area contributed by atoms with Gasteiger partial charge in [-0.1, -0.05) is 13.8 Å². The van der Waals surface area contributed by atoms with E-state index in [2.05, 4.69) is 36.4 Å². The maximum Gasteiger partial charge on any atom is 0.191 e. The lowest BCUT2D eigenvalue weighted by atomic mass is 10.1. The molecule has 2 N–H and O–H groups in total. The summed E-state index contributed by atoms with van der Waals surface area (Å²) in [6, 6.07) is 4.06. The molecule has 1 atom stereocenters. The molecule has 0 radical (unpaired) electrons. The first-order valence-corrected chi connectivity index (χ1v) is 7.72. The molecule has 0 aliphatic rings. The molecule has 0 amide bonds. The standard InChI is InChI=1S/C17H29N3O3/c1-11(2)12(3)20-17(18-4)19-10-13-8-15(22-6)16(23-7)9-14(13)21-5/h8-9,11-12H,10H2,1-7H3,(H2,18,19,20). The zero-order chi connectivity index (χ0) is 17.4. The number of guanidine groups is 1. The summed E-state index contributed by atoms with van der Waals surface area (Å²) in [7, 11) is 6.62. The fourth-order valence-electron chi connectivity index (χ4n) is 1.99. The summed E-state index contributed by atoms with van der Waals surface area (Å²) in [6.07, 6.45) is 0. The van der Waals surface area contributed by atoms with E-state index in [9.17, 15) is 0 Å². The van der Waals surface area contributed by atoms with Gasteiger partial charge in [-0.25, -0.2) is 0 Å². The van der Waals surface area contributed by atoms with Crippen molar-refractivity contribution >= 4 is 5.96 Å². The number of methoxy groups -OCH3 is 3. The van der Waals surface area contributed by atoms with Crippen LogP contribution in [0.5, 0.6) is 17.2 Å². The molecule has 0 aliphatic carbocycles. The Morgan fingerprint density at radius 2 is 1.57 bits per heavy atom. The van der Waals surface area contributed by atoms with Gasteiger partial charge in [0.05, 0.1) is 21.3 Å². The Hall–Kier alpha value is -2.11. The summed E-state index contributed by atoms with van der Waals surface area (Å²) in [5, 5.41) is 6.66. The number of nitrogens with zero attached hydrogens (tertiary/aromatic N) is 1. The summed E-state index contributed by atoms with van der Waals surface area (Å²) >= 11 is 0. The van der Waals surface area contributed by atoms with Gasteiger partial charge < -0.3 is 24.8 Å². The van der Waals surface area contributed by atoms with E-state index in [-0.39, 0.29) is 0 Å². The average molecular weight is 323 g/mol. The van der Waals surface area contributed by atoms with E-state index in [4.69, 9.17) is 14.2 Å². The Bertz CT molecular complexity index is 530. The molecule has 1 aromatic carbocycles. The lowest BCUT2D eigenvalue weighted by Crippen LogP contribution is -2.43. The molecule has 0 saturated heterocycles. The Labute approximate surface area is 139 Å². The third kappa shape index (κ3) is 5.23. The number of aliphatic imine (C=N–C) groups is 1. The normalized spacial score (nSPS) is 12.8. The second-order valence-corrected chi connectivity index (χ2v) is 5.62. The Balaban J connectivity index is 2.87. The highest BCUT2D eigenvalue weighted by atomic mass is 16.5. The van der Waals surface area contributed by atoms with E-state index in [1.54, 1.807) is 28.4 Å². The predicted octanol–water partition coefficient (Wildman–Crippen LogP) is 2.42. The predicted molar refractivity (Wildman–Crippen MR) is 93.7 cm³/mol. The van der Waals surface area contributed by atoms with E-state index < -0.39 is 0 Å². The van der Waals surface area contributed by atoms with Crippen molar-refractivity contribution in [1.29, 1.82) is 0 Å². The number of hydrogen-bond donors (Lipinski definition) is 2. The molecule has 0 saturated carbocycles. The number of hydrogen-bond acceptors (Lipinski definition) is 4. The molecule has 130 valence electrons. The van der Waals surface area contributed by atoms with Gasteiger partial charge in [-0.05, 0) is 18.9 Å². The maximum absolute atomic E-state index is 5.44. The van der Waals surface area contributed by atoms with Crippen LogP contribution in [0.25, 0.3) is 0 Å². The molecule has 6 nitrogen and oxygen atoms in total. The zero-order valence-corrected chi connectivity index (χ0v) is 15.2. The molecule has 0 aromatic heterocycles. The number of rotatable bonds is 7. The summed E-state index contributed by atoms with van der Waals surface area (Å²) in [4.78, 5) is 4.25. The second kappa shape index (κ2) is 9.12. The highest BCUT2D eigenvalue weighted by Crippen LogP contribution is 2.34. The monoisotopic (exact) mass is 323 g/mol. The van der Waals surface area contributed by atoms with Gasteiger partial charge in [-0.15, -0.1) is 0 Å². The highest BCUT2D eigenvalue weighted by Gasteiger charge is 2.13. The molecule has 0 spiro atoms. The number of benzene rings is 1. The van der Waals surface area contributed by atoms with Crippen LogP contribution in [0.4, 0.5) is 0 Å². The first-order valence-electron chi connectivity index (χ1n) is 7.72. The van der Waals surface area contributed by atoms with E-state index in [1.807, 2.05) is 12.1 Å². The van der Waals surface area contributed by atoms with Gasteiger partial charge in [0.25, 0.3) is 0 Å². The third-order valence-corrected chi connectivity index (χ3v) is 3.82. The van der Waals surface area contributed by atoms with Crippen LogP contribution in [0, 0.1) is 5.92 Å². The van der Waals surface area contributed by atoms with Crippen LogP contribution in [-0.4, -0.2) is 40.4 Å². The van der Waals surface area contributed by atoms with E-state index in [1.165, 1.54) is 0 Å². The molecule has 1 aromatic rings. The smallest absolute Gasteiger partial charge is 0.191 e. The molecule has 23 heavy (non-hydrogen) atoms. The van der Waals surface area contributed by atoms with E-state index in [0.717, 1.165) is 17.3 Å². The number of ether oxygens (including phenoxy) is 3. The molecule has 0 bridgehead atoms. The first kappa shape index (κ1) is 18.9. The average Bonchev–Trinajstić information content (AvgIpc) is 2.57. The SMILES string of the molecule is CN=C(NCc1cc(OC)c(OC)cc1OC)NC(C)C(C)C. The van der Waals surface area contributed by atoms with Crippen LogP contribution in [0.1, 0.15) is 26.3 Å². The van der Waals surface area contributed by atoms with Gasteiger partial charge in [0, 0.05) is 31.3 Å². The lowest BCUT2D eigenvalue weighted by Gasteiger charge is -2.21. The molecular weight excluding hydrogens is 294 g/mol. The molecule has 0 fully saturated rings. The van der Waals surface area contributed by atoms with Crippen molar-refractivity contribution in [2.45, 2.75) is 33.4 Å². The Morgan fingerprint density at radius 1 is 1.00 bits per heavy atom. The van der Waals surface area contributed by atoms with Crippen molar-refractivity contribution < 1.29 is 14.2 Å². The number of nitrogens with one attached hydrogen (secondary N) is 2. The van der Waals surface area contributed by atoms with Gasteiger partial charge >= 0.3 is 0 Å². The van der Waals surface area contributed by atoms with Crippen molar-refractivity contribution in [3.63, 3.8) is 0 Å². The Morgan fingerprint density at radius 3 is 2.04 bits per heavy atom. The molecule has 1 unspecified atom stereocenters. The van der Waals surface area contributed by atoms with Crippen LogP contribution in [-0.2, 0) is 6.54 Å². The largest absolute Gasteiger partial charge is 0.496 e. The van der Waals surface area contributed by atoms with Crippen molar-refractivity contribution in [2.24, 2.45) is 10.9 Å².